The van der Waals surface area contributed by atoms with Gasteiger partial charge in [-0.3, -0.25) is 19.9 Å². The Morgan fingerprint density at radius 3 is 2.75 bits per heavy atom. The summed E-state index contributed by atoms with van der Waals surface area (Å²) in [6.45, 7) is 2.69. The van der Waals surface area contributed by atoms with E-state index in [4.69, 9.17) is 0 Å². The normalized spacial score (nSPS) is 16.1. The van der Waals surface area contributed by atoms with E-state index in [1.807, 2.05) is 29.3 Å². The number of hydrogen-bond acceptors (Lipinski definition) is 5. The summed E-state index contributed by atoms with van der Waals surface area (Å²) in [4.78, 5) is 36.3. The largest absolute Gasteiger partial charge is 0.312 e. The summed E-state index contributed by atoms with van der Waals surface area (Å²) in [6.07, 6.45) is 7.90. The van der Waals surface area contributed by atoms with Gasteiger partial charge in [-0.05, 0) is 62.4 Å². The molecule has 164 valence electrons. The maximum atomic E-state index is 13.0. The molecule has 6 nitrogen and oxygen atoms in total. The predicted octanol–water partition coefficient (Wildman–Crippen LogP) is 5.24. The molecule has 32 heavy (non-hydrogen) atoms. The van der Waals surface area contributed by atoms with Crippen LogP contribution in [0.1, 0.15) is 53.7 Å². The van der Waals surface area contributed by atoms with E-state index in [0.717, 1.165) is 54.9 Å². The van der Waals surface area contributed by atoms with Crippen LogP contribution in [0.5, 0.6) is 0 Å². The Labute approximate surface area is 191 Å². The molecule has 3 aromatic rings. The molecule has 7 heteroatoms. The van der Waals surface area contributed by atoms with Crippen molar-refractivity contribution >= 4 is 34.0 Å². The third-order valence-corrected chi connectivity index (χ3v) is 7.12. The van der Waals surface area contributed by atoms with E-state index in [2.05, 4.69) is 27.4 Å². The Balaban J connectivity index is 1.33. The van der Waals surface area contributed by atoms with Gasteiger partial charge in [0.05, 0.1) is 11.3 Å². The summed E-state index contributed by atoms with van der Waals surface area (Å²) >= 11 is 1.40. The van der Waals surface area contributed by atoms with Gasteiger partial charge in [0.1, 0.15) is 0 Å². The van der Waals surface area contributed by atoms with Crippen LogP contribution in [0.15, 0.2) is 41.9 Å². The van der Waals surface area contributed by atoms with Crippen molar-refractivity contribution in [3.05, 3.63) is 58.7 Å². The first-order valence-corrected chi connectivity index (χ1v) is 12.1. The fourth-order valence-electron chi connectivity index (χ4n) is 4.61. The van der Waals surface area contributed by atoms with Gasteiger partial charge >= 0.3 is 0 Å². The van der Waals surface area contributed by atoms with Gasteiger partial charge in [0.2, 0.25) is 5.91 Å². The number of anilines is 2. The molecule has 2 aliphatic rings. The van der Waals surface area contributed by atoms with E-state index in [1.54, 1.807) is 12.3 Å². The van der Waals surface area contributed by atoms with Crippen molar-refractivity contribution in [2.24, 2.45) is 5.92 Å². The average Bonchev–Trinajstić information content (AvgIpc) is 3.51. The summed E-state index contributed by atoms with van der Waals surface area (Å²) in [5.74, 6) is 0.263. The molecule has 0 spiro atoms. The second-order valence-corrected chi connectivity index (χ2v) is 9.46. The van der Waals surface area contributed by atoms with Crippen molar-refractivity contribution in [3.8, 4) is 11.3 Å². The Kier molecular flexibility index (Phi) is 5.74. The molecular weight excluding hydrogens is 420 g/mol. The fraction of sp³-hybridized carbons (Fsp3) is 0.360. The molecule has 2 amide bonds. The third kappa shape index (κ3) is 4.17. The summed E-state index contributed by atoms with van der Waals surface area (Å²) in [5.41, 5.74) is 5.46. The molecule has 3 heterocycles. The molecule has 0 saturated heterocycles. The van der Waals surface area contributed by atoms with Gasteiger partial charge < -0.3 is 4.90 Å². The van der Waals surface area contributed by atoms with Crippen molar-refractivity contribution in [1.82, 2.24) is 9.97 Å². The van der Waals surface area contributed by atoms with Gasteiger partial charge in [0.25, 0.3) is 5.91 Å². The molecule has 1 saturated carbocycles. The van der Waals surface area contributed by atoms with Crippen LogP contribution >= 0.6 is 11.3 Å². The van der Waals surface area contributed by atoms with Gasteiger partial charge in [-0.25, -0.2) is 4.98 Å². The van der Waals surface area contributed by atoms with Gasteiger partial charge in [-0.1, -0.05) is 18.9 Å². The lowest BCUT2D eigenvalue weighted by molar-refractivity contribution is -0.122. The van der Waals surface area contributed by atoms with E-state index >= 15 is 0 Å². The molecular formula is C25H26N4O2S. The van der Waals surface area contributed by atoms with Crippen LogP contribution in [0.3, 0.4) is 0 Å². The first kappa shape index (κ1) is 20.8. The fourth-order valence-corrected chi connectivity index (χ4v) is 5.33. The maximum absolute atomic E-state index is 13.0. The lowest BCUT2D eigenvalue weighted by Gasteiger charge is -2.31. The van der Waals surface area contributed by atoms with Crippen LogP contribution in [0.2, 0.25) is 0 Å². The molecule has 0 bridgehead atoms. The number of fused-ring (bicyclic) bond motifs is 1. The maximum Gasteiger partial charge on any atom is 0.259 e. The molecule has 2 aromatic heterocycles. The van der Waals surface area contributed by atoms with Crippen molar-refractivity contribution in [2.75, 3.05) is 16.8 Å². The summed E-state index contributed by atoms with van der Waals surface area (Å²) < 4.78 is 0. The van der Waals surface area contributed by atoms with Crippen LogP contribution < -0.4 is 10.2 Å². The SMILES string of the molecule is Cc1ccc(C(=O)Nc2nc(-c3ccc4c(c3)CCCN4C(=O)C3CCCC3)cs2)cn1. The number of rotatable bonds is 4. The second kappa shape index (κ2) is 8.82. The highest BCUT2D eigenvalue weighted by molar-refractivity contribution is 7.14. The molecule has 1 aliphatic heterocycles. The lowest BCUT2D eigenvalue weighted by atomic mass is 9.96. The van der Waals surface area contributed by atoms with Crippen molar-refractivity contribution in [2.45, 2.75) is 45.4 Å². The van der Waals surface area contributed by atoms with Gasteiger partial charge in [-0.2, -0.15) is 0 Å². The van der Waals surface area contributed by atoms with Crippen molar-refractivity contribution in [1.29, 1.82) is 0 Å². The summed E-state index contributed by atoms with van der Waals surface area (Å²) in [5, 5.41) is 5.37. The molecule has 1 aromatic carbocycles. The number of carbonyl (C=O) groups excluding carboxylic acids is 2. The van der Waals surface area contributed by atoms with Crippen LogP contribution in [-0.4, -0.2) is 28.3 Å². The van der Waals surface area contributed by atoms with Crippen LogP contribution in [-0.2, 0) is 11.2 Å². The Morgan fingerprint density at radius 2 is 1.97 bits per heavy atom. The smallest absolute Gasteiger partial charge is 0.259 e. The zero-order valence-electron chi connectivity index (χ0n) is 18.1. The minimum absolute atomic E-state index is 0.189. The first-order valence-electron chi connectivity index (χ1n) is 11.2. The second-order valence-electron chi connectivity index (χ2n) is 8.60. The molecule has 0 radical (unpaired) electrons. The standard InChI is InChI=1S/C25H26N4O2S/c1-16-8-9-20(14-26-16)23(30)28-25-27-21(15-32-25)18-10-11-22-19(13-18)7-4-12-29(22)24(31)17-5-2-3-6-17/h8-11,13-15,17H,2-7,12H2,1H3,(H,27,28,30). The van der Waals surface area contributed by atoms with E-state index < -0.39 is 0 Å². The Morgan fingerprint density at radius 1 is 1.12 bits per heavy atom. The summed E-state index contributed by atoms with van der Waals surface area (Å²) in [6, 6.07) is 9.81. The van der Waals surface area contributed by atoms with E-state index in [0.29, 0.717) is 16.6 Å². The minimum Gasteiger partial charge on any atom is -0.312 e. The number of nitrogens with one attached hydrogen (secondary N) is 1. The summed E-state index contributed by atoms with van der Waals surface area (Å²) in [7, 11) is 0. The highest BCUT2D eigenvalue weighted by Crippen LogP contribution is 2.35. The van der Waals surface area contributed by atoms with E-state index in [1.165, 1.54) is 29.7 Å². The topological polar surface area (TPSA) is 75.2 Å². The number of hydrogen-bond donors (Lipinski definition) is 1. The average molecular weight is 447 g/mol. The van der Waals surface area contributed by atoms with E-state index in [9.17, 15) is 9.59 Å². The van der Waals surface area contributed by atoms with Crippen molar-refractivity contribution in [3.63, 3.8) is 0 Å². The molecule has 5 rings (SSSR count). The quantitative estimate of drug-likeness (QED) is 0.595. The zero-order chi connectivity index (χ0) is 22.1. The predicted molar refractivity (Wildman–Crippen MR) is 127 cm³/mol. The number of aryl methyl sites for hydroxylation is 2. The molecule has 1 fully saturated rings. The molecule has 0 unspecified atom stereocenters. The lowest BCUT2D eigenvalue weighted by Crippen LogP contribution is -2.39. The van der Waals surface area contributed by atoms with Gasteiger partial charge in [0, 0.05) is 41.0 Å². The number of pyridine rings is 1. The highest BCUT2D eigenvalue weighted by Gasteiger charge is 2.30. The van der Waals surface area contributed by atoms with Crippen molar-refractivity contribution < 1.29 is 9.59 Å². The molecule has 1 N–H and O–H groups in total. The van der Waals surface area contributed by atoms with Gasteiger partial charge in [0.15, 0.2) is 5.13 Å². The number of aromatic nitrogens is 2. The molecule has 0 atom stereocenters. The van der Waals surface area contributed by atoms with Gasteiger partial charge in [-0.15, -0.1) is 11.3 Å². The number of nitrogens with zero attached hydrogens (tertiary/aromatic N) is 3. The molecule has 1 aliphatic carbocycles. The van der Waals surface area contributed by atoms with E-state index in [-0.39, 0.29) is 11.8 Å². The van der Waals surface area contributed by atoms with Crippen LogP contribution in [0, 0.1) is 12.8 Å². The zero-order valence-corrected chi connectivity index (χ0v) is 19.0. The Bertz CT molecular complexity index is 1150. The number of thiazole rings is 1. The number of carbonyl (C=O) groups is 2. The Hall–Kier alpha value is -3.06. The number of benzene rings is 1. The van der Waals surface area contributed by atoms with Crippen LogP contribution in [0.4, 0.5) is 10.8 Å². The van der Waals surface area contributed by atoms with Crippen LogP contribution in [0.25, 0.3) is 11.3 Å². The highest BCUT2D eigenvalue weighted by atomic mass is 32.1. The monoisotopic (exact) mass is 446 g/mol. The minimum atomic E-state index is -0.218. The first-order chi connectivity index (χ1) is 15.6. The third-order valence-electron chi connectivity index (χ3n) is 6.36. The number of amides is 2.